The summed E-state index contributed by atoms with van der Waals surface area (Å²) in [6.45, 7) is 4.94. The van der Waals surface area contributed by atoms with Crippen LogP contribution in [0.25, 0.3) is 5.82 Å². The van der Waals surface area contributed by atoms with E-state index < -0.39 is 5.91 Å². The molecule has 2 aromatic heterocycles. The van der Waals surface area contributed by atoms with Crippen molar-refractivity contribution in [3.05, 3.63) is 35.8 Å². The van der Waals surface area contributed by atoms with Crippen molar-refractivity contribution in [2.24, 2.45) is 0 Å². The van der Waals surface area contributed by atoms with E-state index in [1.165, 1.54) is 0 Å². The summed E-state index contributed by atoms with van der Waals surface area (Å²) >= 11 is 0. The third-order valence-electron chi connectivity index (χ3n) is 2.51. The highest BCUT2D eigenvalue weighted by atomic mass is 16.2. The smallest absolute Gasteiger partial charge is 0.294 e. The molecular weight excluding hydrogens is 288 g/mol. The van der Waals surface area contributed by atoms with Crippen molar-refractivity contribution in [3.8, 4) is 11.9 Å². The molecule has 0 spiro atoms. The number of aromatic nitrogens is 5. The van der Waals surface area contributed by atoms with Crippen molar-refractivity contribution in [1.29, 1.82) is 5.26 Å². The first-order valence-corrected chi connectivity index (χ1v) is 6.12. The van der Waals surface area contributed by atoms with Gasteiger partial charge in [-0.3, -0.25) is 9.59 Å². The van der Waals surface area contributed by atoms with Gasteiger partial charge in [0, 0.05) is 5.57 Å². The predicted molar refractivity (Wildman–Crippen MR) is 73.5 cm³/mol. The molecule has 2 heterocycles. The Hall–Kier alpha value is -3.48. The summed E-state index contributed by atoms with van der Waals surface area (Å²) in [5, 5.41) is 24.7. The zero-order chi connectivity index (χ0) is 16.1. The van der Waals surface area contributed by atoms with Crippen molar-refractivity contribution >= 4 is 11.8 Å². The van der Waals surface area contributed by atoms with Crippen LogP contribution in [-0.4, -0.2) is 43.7 Å². The van der Waals surface area contributed by atoms with Crippen LogP contribution in [0.1, 0.15) is 23.2 Å². The monoisotopic (exact) mass is 300 g/mol. The molecule has 0 fully saturated rings. The third-order valence-corrected chi connectivity index (χ3v) is 2.51. The fourth-order valence-corrected chi connectivity index (χ4v) is 1.41. The van der Waals surface area contributed by atoms with Crippen LogP contribution in [0.3, 0.4) is 0 Å². The minimum absolute atomic E-state index is 0.0832. The lowest BCUT2D eigenvalue weighted by atomic mass is 10.3. The van der Waals surface area contributed by atoms with E-state index in [1.54, 1.807) is 19.1 Å². The number of tetrazole rings is 1. The number of hydrogen-bond acceptors (Lipinski definition) is 6. The SMILES string of the molecule is C=C(C)C(=O)NCNC(=O)c1nnn(-c2ccc(C#N)[nH]2)n1. The fourth-order valence-electron chi connectivity index (χ4n) is 1.41. The highest BCUT2D eigenvalue weighted by molar-refractivity contribution is 5.93. The first-order chi connectivity index (χ1) is 10.5. The molecule has 0 aliphatic heterocycles. The number of hydrogen-bond donors (Lipinski definition) is 3. The second-order valence-corrected chi connectivity index (χ2v) is 4.24. The van der Waals surface area contributed by atoms with Crippen molar-refractivity contribution in [2.45, 2.75) is 6.92 Å². The molecular formula is C12H12N8O2. The molecule has 0 aliphatic carbocycles. The molecule has 0 aromatic carbocycles. The van der Waals surface area contributed by atoms with E-state index in [0.29, 0.717) is 17.1 Å². The van der Waals surface area contributed by atoms with Crippen LogP contribution in [-0.2, 0) is 4.79 Å². The maximum Gasteiger partial charge on any atom is 0.294 e. The Morgan fingerprint density at radius 3 is 2.86 bits per heavy atom. The Morgan fingerprint density at radius 2 is 2.23 bits per heavy atom. The van der Waals surface area contributed by atoms with E-state index in [-0.39, 0.29) is 18.4 Å². The van der Waals surface area contributed by atoms with E-state index in [2.05, 4.69) is 37.6 Å². The molecule has 0 saturated heterocycles. The predicted octanol–water partition coefficient (Wildman–Crippen LogP) is -0.758. The summed E-state index contributed by atoms with van der Waals surface area (Å²) in [5.74, 6) is -0.732. The van der Waals surface area contributed by atoms with Crippen LogP contribution >= 0.6 is 0 Å². The van der Waals surface area contributed by atoms with Crippen LogP contribution < -0.4 is 10.6 Å². The molecule has 112 valence electrons. The highest BCUT2D eigenvalue weighted by Gasteiger charge is 2.14. The summed E-state index contributed by atoms with van der Waals surface area (Å²) in [4.78, 5) is 26.8. The van der Waals surface area contributed by atoms with Gasteiger partial charge in [-0.1, -0.05) is 6.58 Å². The third kappa shape index (κ3) is 3.34. The average Bonchev–Trinajstić information content (AvgIpc) is 3.15. The highest BCUT2D eigenvalue weighted by Crippen LogP contribution is 2.03. The van der Waals surface area contributed by atoms with Crippen molar-refractivity contribution < 1.29 is 9.59 Å². The molecule has 2 rings (SSSR count). The van der Waals surface area contributed by atoms with Gasteiger partial charge in [0.05, 0.1) is 6.67 Å². The van der Waals surface area contributed by atoms with Gasteiger partial charge in [-0.25, -0.2) is 0 Å². The topological polar surface area (TPSA) is 141 Å². The van der Waals surface area contributed by atoms with Crippen LogP contribution in [0, 0.1) is 11.3 Å². The zero-order valence-corrected chi connectivity index (χ0v) is 11.6. The van der Waals surface area contributed by atoms with Gasteiger partial charge >= 0.3 is 0 Å². The van der Waals surface area contributed by atoms with Gasteiger partial charge < -0.3 is 15.6 Å². The van der Waals surface area contributed by atoms with Crippen molar-refractivity contribution in [2.75, 3.05) is 6.67 Å². The van der Waals surface area contributed by atoms with Gasteiger partial charge in [0.2, 0.25) is 5.91 Å². The number of carbonyl (C=O) groups excluding carboxylic acids is 2. The van der Waals surface area contributed by atoms with Gasteiger partial charge in [-0.05, 0) is 24.3 Å². The molecule has 3 N–H and O–H groups in total. The van der Waals surface area contributed by atoms with E-state index in [1.807, 2.05) is 6.07 Å². The number of nitrogens with one attached hydrogen (secondary N) is 3. The molecule has 0 saturated carbocycles. The number of H-pyrrole nitrogens is 1. The number of nitriles is 1. The van der Waals surface area contributed by atoms with Gasteiger partial charge in [0.1, 0.15) is 11.8 Å². The summed E-state index contributed by atoms with van der Waals surface area (Å²) < 4.78 is 0. The maximum absolute atomic E-state index is 11.8. The second kappa shape index (κ2) is 6.31. The summed E-state index contributed by atoms with van der Waals surface area (Å²) in [6.07, 6.45) is 0. The lowest BCUT2D eigenvalue weighted by Gasteiger charge is -2.04. The summed E-state index contributed by atoms with van der Waals surface area (Å²) in [6, 6.07) is 5.05. The van der Waals surface area contributed by atoms with Gasteiger partial charge in [0.25, 0.3) is 11.7 Å². The number of rotatable bonds is 5. The Bertz CT molecular complexity index is 766. The Labute approximate surface area is 124 Å². The molecule has 0 aliphatic rings. The number of aromatic amines is 1. The molecule has 0 bridgehead atoms. The van der Waals surface area contributed by atoms with Gasteiger partial charge in [-0.2, -0.15) is 5.26 Å². The average molecular weight is 300 g/mol. The molecule has 2 aromatic rings. The maximum atomic E-state index is 11.8. The molecule has 0 radical (unpaired) electrons. The first-order valence-electron chi connectivity index (χ1n) is 6.12. The number of nitrogens with zero attached hydrogens (tertiary/aromatic N) is 5. The zero-order valence-electron chi connectivity index (χ0n) is 11.6. The Balaban J connectivity index is 1.96. The van der Waals surface area contributed by atoms with E-state index >= 15 is 0 Å². The molecule has 10 nitrogen and oxygen atoms in total. The Kier molecular flexibility index (Phi) is 4.28. The minimum Gasteiger partial charge on any atom is -0.335 e. The van der Waals surface area contributed by atoms with Gasteiger partial charge in [-0.15, -0.1) is 15.0 Å². The molecule has 10 heteroatoms. The lowest BCUT2D eigenvalue weighted by Crippen LogP contribution is -2.37. The normalized spacial score (nSPS) is 9.82. The van der Waals surface area contributed by atoms with Gasteiger partial charge in [0.15, 0.2) is 5.82 Å². The van der Waals surface area contributed by atoms with Crippen LogP contribution in [0.15, 0.2) is 24.3 Å². The summed E-state index contributed by atoms with van der Waals surface area (Å²) in [5.41, 5.74) is 0.666. The van der Waals surface area contributed by atoms with Crippen molar-refractivity contribution in [3.63, 3.8) is 0 Å². The second-order valence-electron chi connectivity index (χ2n) is 4.24. The van der Waals surface area contributed by atoms with E-state index in [9.17, 15) is 9.59 Å². The van der Waals surface area contributed by atoms with Crippen LogP contribution in [0.2, 0.25) is 0 Å². The van der Waals surface area contributed by atoms with Crippen LogP contribution in [0.5, 0.6) is 0 Å². The minimum atomic E-state index is -0.597. The fraction of sp³-hybridized carbons (Fsp3) is 0.167. The summed E-state index contributed by atoms with van der Waals surface area (Å²) in [7, 11) is 0. The number of amides is 2. The molecule has 0 unspecified atom stereocenters. The largest absolute Gasteiger partial charge is 0.335 e. The standard InChI is InChI=1S/C12H12N8O2/c1-7(2)11(21)14-6-15-12(22)10-17-19-20(18-10)9-4-3-8(5-13)16-9/h3-4,16H,1,6H2,2H3,(H,14,21)(H,15,22). The number of carbonyl (C=O) groups is 2. The van der Waals surface area contributed by atoms with E-state index in [0.717, 1.165) is 4.80 Å². The van der Waals surface area contributed by atoms with Crippen LogP contribution in [0.4, 0.5) is 0 Å². The van der Waals surface area contributed by atoms with E-state index in [4.69, 9.17) is 5.26 Å². The molecule has 22 heavy (non-hydrogen) atoms. The Morgan fingerprint density at radius 1 is 1.45 bits per heavy atom. The lowest BCUT2D eigenvalue weighted by molar-refractivity contribution is -0.117. The molecule has 2 amide bonds. The van der Waals surface area contributed by atoms with Crippen molar-refractivity contribution in [1.82, 2.24) is 35.8 Å². The first kappa shape index (κ1) is 14.9. The molecule has 0 atom stereocenters. The quantitative estimate of drug-likeness (QED) is 0.489.